The van der Waals surface area contributed by atoms with E-state index in [2.05, 4.69) is 0 Å². The number of Topliss-reactive ketones (excluding diaryl/α,β-unsaturated/α-hetero) is 1. The van der Waals surface area contributed by atoms with Gasteiger partial charge >= 0.3 is 0 Å². The number of halogens is 1. The van der Waals surface area contributed by atoms with E-state index in [0.717, 1.165) is 16.0 Å². The Balaban J connectivity index is 1.80. The number of amides is 2. The number of rotatable bonds is 7. The molecule has 7 heteroatoms. The Bertz CT molecular complexity index is 946. The highest BCUT2D eigenvalue weighted by Gasteiger charge is 2.35. The lowest BCUT2D eigenvalue weighted by molar-refractivity contribution is -0.149. The largest absolute Gasteiger partial charge is 0.496 e. The summed E-state index contributed by atoms with van der Waals surface area (Å²) in [5.41, 5.74) is 1.57. The second-order valence-electron chi connectivity index (χ2n) is 7.75. The summed E-state index contributed by atoms with van der Waals surface area (Å²) in [7, 11) is 1.54. The minimum atomic E-state index is -0.535. The molecule has 1 aliphatic rings. The molecule has 0 aromatic heterocycles. The van der Waals surface area contributed by atoms with E-state index in [0.29, 0.717) is 23.6 Å². The number of carbonyl (C=O) groups excluding carboxylic acids is 3. The molecular weight excluding hydrogens is 418 g/mol. The Morgan fingerprint density at radius 1 is 1.23 bits per heavy atom. The number of imide groups is 1. The third kappa shape index (κ3) is 5.71. The Labute approximate surface area is 186 Å². The van der Waals surface area contributed by atoms with Crippen LogP contribution in [-0.2, 0) is 20.8 Å². The molecule has 0 bridgehead atoms. The first kappa shape index (κ1) is 23.0. The van der Waals surface area contributed by atoms with Crippen molar-refractivity contribution in [3.05, 3.63) is 64.7 Å². The first-order chi connectivity index (χ1) is 14.9. The number of hydrogen-bond acceptors (Lipinski definition) is 5. The molecule has 6 nitrogen and oxygen atoms in total. The summed E-state index contributed by atoms with van der Waals surface area (Å²) in [4.78, 5) is 39.6. The van der Waals surface area contributed by atoms with Crippen LogP contribution in [0, 0.1) is 5.92 Å². The highest BCUT2D eigenvalue weighted by atomic mass is 35.5. The summed E-state index contributed by atoms with van der Waals surface area (Å²) >= 11 is 6.11. The molecule has 1 N–H and O–H groups in total. The normalized spacial score (nSPS) is 17.9. The topological polar surface area (TPSA) is 83.9 Å². The van der Waals surface area contributed by atoms with E-state index < -0.39 is 17.7 Å². The maximum Gasteiger partial charge on any atom is 0.233 e. The molecule has 1 aliphatic heterocycles. The molecular formula is C24H26ClNO5. The number of aliphatic hydroxyl groups is 1. The lowest BCUT2D eigenvalue weighted by Crippen LogP contribution is -2.42. The molecule has 2 amide bonds. The Morgan fingerprint density at radius 3 is 2.65 bits per heavy atom. The van der Waals surface area contributed by atoms with Crippen molar-refractivity contribution < 1.29 is 24.2 Å². The van der Waals surface area contributed by atoms with Crippen molar-refractivity contribution in [2.45, 2.75) is 31.6 Å². The van der Waals surface area contributed by atoms with Crippen LogP contribution in [-0.4, -0.2) is 47.9 Å². The molecule has 1 heterocycles. The van der Waals surface area contributed by atoms with Crippen LogP contribution in [0.15, 0.2) is 48.5 Å². The fourth-order valence-electron chi connectivity index (χ4n) is 3.92. The lowest BCUT2D eigenvalue weighted by atomic mass is 9.93. The van der Waals surface area contributed by atoms with Gasteiger partial charge in [0.1, 0.15) is 5.75 Å². The molecule has 2 aromatic carbocycles. The summed E-state index contributed by atoms with van der Waals surface area (Å²) in [6, 6.07) is 14.4. The highest BCUT2D eigenvalue weighted by molar-refractivity contribution is 6.30. The van der Waals surface area contributed by atoms with Crippen LogP contribution in [0.4, 0.5) is 0 Å². The van der Waals surface area contributed by atoms with Crippen molar-refractivity contribution in [3.8, 4) is 5.75 Å². The first-order valence-electron chi connectivity index (χ1n) is 10.3. The van der Waals surface area contributed by atoms with Crippen LogP contribution in [0.25, 0.3) is 0 Å². The smallest absolute Gasteiger partial charge is 0.233 e. The van der Waals surface area contributed by atoms with E-state index in [4.69, 9.17) is 16.3 Å². The van der Waals surface area contributed by atoms with Gasteiger partial charge in [-0.2, -0.15) is 0 Å². The average Bonchev–Trinajstić information content (AvgIpc) is 2.91. The van der Waals surface area contributed by atoms with Gasteiger partial charge in [0.25, 0.3) is 0 Å². The van der Waals surface area contributed by atoms with Gasteiger partial charge in [0.15, 0.2) is 5.78 Å². The molecule has 0 radical (unpaired) electrons. The van der Waals surface area contributed by atoms with Gasteiger partial charge in [0.2, 0.25) is 11.8 Å². The summed E-state index contributed by atoms with van der Waals surface area (Å²) in [6.07, 6.45) is 0.860. The lowest BCUT2D eigenvalue weighted by Gasteiger charge is -2.24. The van der Waals surface area contributed by atoms with Crippen LogP contribution in [0.1, 0.15) is 36.3 Å². The summed E-state index contributed by atoms with van der Waals surface area (Å²) in [6.45, 7) is -0.456. The fourth-order valence-corrected chi connectivity index (χ4v) is 4.11. The van der Waals surface area contributed by atoms with Crippen LogP contribution >= 0.6 is 11.6 Å². The van der Waals surface area contributed by atoms with Crippen LogP contribution in [0.3, 0.4) is 0 Å². The predicted octanol–water partition coefficient (Wildman–Crippen LogP) is 3.39. The maximum atomic E-state index is 13.2. The van der Waals surface area contributed by atoms with Gasteiger partial charge in [0.05, 0.1) is 20.3 Å². The Morgan fingerprint density at radius 2 is 1.97 bits per heavy atom. The molecule has 2 atom stereocenters. The van der Waals surface area contributed by atoms with Crippen molar-refractivity contribution in [1.82, 2.24) is 4.90 Å². The second kappa shape index (κ2) is 10.6. The summed E-state index contributed by atoms with van der Waals surface area (Å²) in [5, 5.41) is 10.3. The Hall–Kier alpha value is -2.70. The third-order valence-electron chi connectivity index (χ3n) is 5.64. The van der Waals surface area contributed by atoms with Crippen molar-refractivity contribution in [3.63, 3.8) is 0 Å². The number of ketones is 1. The van der Waals surface area contributed by atoms with Crippen molar-refractivity contribution >= 4 is 29.2 Å². The average molecular weight is 444 g/mol. The monoisotopic (exact) mass is 443 g/mol. The van der Waals surface area contributed by atoms with E-state index in [1.54, 1.807) is 25.3 Å². The van der Waals surface area contributed by atoms with E-state index in [1.165, 1.54) is 0 Å². The molecule has 1 fully saturated rings. The quantitative estimate of drug-likeness (QED) is 0.709. The molecule has 31 heavy (non-hydrogen) atoms. The van der Waals surface area contributed by atoms with Gasteiger partial charge in [-0.15, -0.1) is 0 Å². The van der Waals surface area contributed by atoms with Crippen molar-refractivity contribution in [2.75, 3.05) is 20.3 Å². The number of ether oxygens (including phenoxy) is 1. The minimum Gasteiger partial charge on any atom is -0.496 e. The number of aliphatic hydroxyl groups excluding tert-OH is 1. The van der Waals surface area contributed by atoms with Crippen molar-refractivity contribution in [1.29, 1.82) is 0 Å². The van der Waals surface area contributed by atoms with Crippen LogP contribution < -0.4 is 4.74 Å². The van der Waals surface area contributed by atoms with E-state index >= 15 is 0 Å². The summed E-state index contributed by atoms with van der Waals surface area (Å²) in [5.74, 6) is -1.34. The zero-order chi connectivity index (χ0) is 22.4. The number of likely N-dealkylation sites (tertiary alicyclic amines) is 1. The molecule has 1 saturated heterocycles. The van der Waals surface area contributed by atoms with Gasteiger partial charge in [-0.05, 0) is 42.2 Å². The van der Waals surface area contributed by atoms with Crippen LogP contribution in [0.2, 0.25) is 5.02 Å². The summed E-state index contributed by atoms with van der Waals surface area (Å²) < 4.78 is 5.37. The highest BCUT2D eigenvalue weighted by Crippen LogP contribution is 2.29. The fraction of sp³-hybridized carbons (Fsp3) is 0.375. The predicted molar refractivity (Wildman–Crippen MR) is 117 cm³/mol. The molecule has 3 rings (SSSR count). The van der Waals surface area contributed by atoms with Gasteiger partial charge in [-0.3, -0.25) is 19.3 Å². The molecule has 0 aliphatic carbocycles. The SMILES string of the molecule is COc1ccc(Cl)cc1CC1CCC(=O)CN(C(=O)C[C@H](CO)c2ccccc2)C1=O. The zero-order valence-electron chi connectivity index (χ0n) is 17.4. The number of carbonyl (C=O) groups is 3. The maximum absolute atomic E-state index is 13.2. The molecule has 0 saturated carbocycles. The first-order valence-corrected chi connectivity index (χ1v) is 10.6. The second-order valence-corrected chi connectivity index (χ2v) is 8.18. The number of hydrogen-bond donors (Lipinski definition) is 1. The van der Waals surface area contributed by atoms with Gasteiger partial charge < -0.3 is 9.84 Å². The van der Waals surface area contributed by atoms with E-state index in [1.807, 2.05) is 30.3 Å². The zero-order valence-corrected chi connectivity index (χ0v) is 18.2. The van der Waals surface area contributed by atoms with Crippen molar-refractivity contribution in [2.24, 2.45) is 5.92 Å². The van der Waals surface area contributed by atoms with E-state index in [9.17, 15) is 19.5 Å². The number of methoxy groups -OCH3 is 1. The standard InChI is InChI=1S/C24H26ClNO5/c1-31-22-10-8-20(25)12-18(22)11-17-7-9-21(28)14-26(24(17)30)23(29)13-19(15-27)16-5-3-2-4-6-16/h2-6,8,10,12,17,19,27H,7,9,11,13-15H2,1H3/t17?,19-/m1/s1. The van der Waals surface area contributed by atoms with Crippen LogP contribution in [0.5, 0.6) is 5.75 Å². The van der Waals surface area contributed by atoms with Gasteiger partial charge in [-0.25, -0.2) is 0 Å². The third-order valence-corrected chi connectivity index (χ3v) is 5.88. The van der Waals surface area contributed by atoms with Gasteiger partial charge in [0, 0.05) is 29.7 Å². The number of benzene rings is 2. The molecule has 1 unspecified atom stereocenters. The molecule has 0 spiro atoms. The Kier molecular flexibility index (Phi) is 7.82. The van der Waals surface area contributed by atoms with E-state index in [-0.39, 0.29) is 37.7 Å². The number of nitrogens with zero attached hydrogens (tertiary/aromatic N) is 1. The molecule has 164 valence electrons. The van der Waals surface area contributed by atoms with Gasteiger partial charge in [-0.1, -0.05) is 41.9 Å². The molecule has 2 aromatic rings. The minimum absolute atomic E-state index is 0.0489.